The van der Waals surface area contributed by atoms with Crippen LogP contribution in [0.2, 0.25) is 0 Å². The first kappa shape index (κ1) is 15.5. The summed E-state index contributed by atoms with van der Waals surface area (Å²) in [5.74, 6) is 1.35. The standard InChI is InChI=1S/C16H26N4O2/c1-18-10-6-17-16(18)15(22)13-4-8-19(9-5-13)11-12-20-7-2-3-14(20)21/h6,10,13,15,22H,2-5,7-9,11-12H2,1H3. The quantitative estimate of drug-likeness (QED) is 0.873. The van der Waals surface area contributed by atoms with Crippen molar-refractivity contribution in [2.75, 3.05) is 32.7 Å². The summed E-state index contributed by atoms with van der Waals surface area (Å²) in [5, 5.41) is 10.5. The summed E-state index contributed by atoms with van der Waals surface area (Å²) in [6.45, 7) is 4.72. The lowest BCUT2D eigenvalue weighted by atomic mass is 9.90. The van der Waals surface area contributed by atoms with Crippen LogP contribution in [-0.2, 0) is 11.8 Å². The molecule has 2 fully saturated rings. The normalized spacial score (nSPS) is 22.5. The molecule has 2 saturated heterocycles. The number of hydrogen-bond donors (Lipinski definition) is 1. The number of aromatic nitrogens is 2. The van der Waals surface area contributed by atoms with Crippen LogP contribution in [-0.4, -0.2) is 63.1 Å². The maximum atomic E-state index is 11.6. The fourth-order valence-corrected chi connectivity index (χ4v) is 3.57. The number of rotatable bonds is 5. The minimum Gasteiger partial charge on any atom is -0.385 e. The molecule has 0 aliphatic carbocycles. The highest BCUT2D eigenvalue weighted by molar-refractivity contribution is 5.78. The maximum absolute atomic E-state index is 11.6. The number of carbonyl (C=O) groups is 1. The number of aliphatic hydroxyl groups excluding tert-OH is 1. The van der Waals surface area contributed by atoms with Crippen LogP contribution in [0.4, 0.5) is 0 Å². The molecule has 6 nitrogen and oxygen atoms in total. The molecule has 1 aromatic rings. The molecule has 6 heteroatoms. The average Bonchev–Trinajstić information content (AvgIpc) is 3.13. The molecule has 0 aromatic carbocycles. The van der Waals surface area contributed by atoms with Gasteiger partial charge in [-0.05, 0) is 38.3 Å². The van der Waals surface area contributed by atoms with E-state index in [1.54, 1.807) is 6.20 Å². The second kappa shape index (κ2) is 6.79. The van der Waals surface area contributed by atoms with Gasteiger partial charge in [0.25, 0.3) is 0 Å². The second-order valence-electron chi connectivity index (χ2n) is 6.50. The van der Waals surface area contributed by atoms with Gasteiger partial charge in [0.2, 0.25) is 5.91 Å². The van der Waals surface area contributed by atoms with E-state index in [4.69, 9.17) is 0 Å². The predicted octanol–water partition coefficient (Wildman–Crippen LogP) is 0.788. The Bertz CT molecular complexity index is 508. The first-order valence-corrected chi connectivity index (χ1v) is 8.30. The van der Waals surface area contributed by atoms with Gasteiger partial charge in [-0.25, -0.2) is 4.98 Å². The Hall–Kier alpha value is -1.40. The largest absolute Gasteiger partial charge is 0.385 e. The number of aryl methyl sites for hydroxylation is 1. The Morgan fingerprint density at radius 1 is 1.32 bits per heavy atom. The summed E-state index contributed by atoms with van der Waals surface area (Å²) in [5.41, 5.74) is 0. The lowest BCUT2D eigenvalue weighted by Crippen LogP contribution is -2.41. The lowest BCUT2D eigenvalue weighted by Gasteiger charge is -2.34. The molecule has 1 unspecified atom stereocenters. The molecule has 122 valence electrons. The molecule has 0 saturated carbocycles. The summed E-state index contributed by atoms with van der Waals surface area (Å²) in [7, 11) is 1.92. The van der Waals surface area contributed by atoms with Crippen LogP contribution in [0.3, 0.4) is 0 Å². The Labute approximate surface area is 131 Å². The van der Waals surface area contributed by atoms with E-state index >= 15 is 0 Å². The van der Waals surface area contributed by atoms with Crippen LogP contribution in [0, 0.1) is 5.92 Å². The summed E-state index contributed by atoms with van der Waals surface area (Å²) < 4.78 is 1.90. The van der Waals surface area contributed by atoms with E-state index in [0.29, 0.717) is 5.91 Å². The topological polar surface area (TPSA) is 61.6 Å². The first-order valence-electron chi connectivity index (χ1n) is 8.30. The van der Waals surface area contributed by atoms with Gasteiger partial charge in [0.05, 0.1) is 0 Å². The Kier molecular flexibility index (Phi) is 4.78. The van der Waals surface area contributed by atoms with E-state index in [2.05, 4.69) is 9.88 Å². The van der Waals surface area contributed by atoms with Crippen LogP contribution in [0.5, 0.6) is 0 Å². The Balaban J connectivity index is 1.44. The van der Waals surface area contributed by atoms with E-state index < -0.39 is 6.10 Å². The molecule has 0 bridgehead atoms. The molecular weight excluding hydrogens is 280 g/mol. The van der Waals surface area contributed by atoms with E-state index in [1.165, 1.54) is 0 Å². The first-order chi connectivity index (χ1) is 10.6. The van der Waals surface area contributed by atoms with E-state index in [1.807, 2.05) is 22.7 Å². The molecule has 3 heterocycles. The zero-order chi connectivity index (χ0) is 15.5. The van der Waals surface area contributed by atoms with Crippen molar-refractivity contribution in [1.29, 1.82) is 0 Å². The molecule has 22 heavy (non-hydrogen) atoms. The molecule has 1 amide bonds. The zero-order valence-corrected chi connectivity index (χ0v) is 13.3. The SMILES string of the molecule is Cn1ccnc1C(O)C1CCN(CCN2CCCC2=O)CC1. The molecule has 0 spiro atoms. The van der Waals surface area contributed by atoms with Gasteiger partial charge >= 0.3 is 0 Å². The van der Waals surface area contributed by atoms with Gasteiger partial charge < -0.3 is 19.5 Å². The third-order valence-electron chi connectivity index (χ3n) is 5.06. The van der Waals surface area contributed by atoms with Crippen LogP contribution >= 0.6 is 0 Å². The molecule has 2 aliphatic rings. The van der Waals surface area contributed by atoms with Gasteiger partial charge in [0.15, 0.2) is 0 Å². The van der Waals surface area contributed by atoms with Crippen molar-refractivity contribution in [3.63, 3.8) is 0 Å². The molecule has 1 aromatic heterocycles. The van der Waals surface area contributed by atoms with Crippen LogP contribution in [0.1, 0.15) is 37.6 Å². The van der Waals surface area contributed by atoms with Gasteiger partial charge in [0.1, 0.15) is 11.9 Å². The van der Waals surface area contributed by atoms with Gasteiger partial charge in [-0.2, -0.15) is 0 Å². The molecule has 2 aliphatic heterocycles. The average molecular weight is 306 g/mol. The highest BCUT2D eigenvalue weighted by Crippen LogP contribution is 2.29. The summed E-state index contributed by atoms with van der Waals surface area (Å²) in [6.07, 6.45) is 6.85. The van der Waals surface area contributed by atoms with Crippen molar-refractivity contribution in [3.8, 4) is 0 Å². The van der Waals surface area contributed by atoms with Gasteiger partial charge in [-0.3, -0.25) is 4.79 Å². The van der Waals surface area contributed by atoms with Gasteiger partial charge in [-0.1, -0.05) is 0 Å². The zero-order valence-electron chi connectivity index (χ0n) is 13.3. The van der Waals surface area contributed by atoms with Crippen molar-refractivity contribution < 1.29 is 9.90 Å². The van der Waals surface area contributed by atoms with Crippen molar-refractivity contribution in [2.24, 2.45) is 13.0 Å². The molecule has 3 rings (SSSR count). The number of nitrogens with zero attached hydrogens (tertiary/aromatic N) is 4. The van der Waals surface area contributed by atoms with Crippen molar-refractivity contribution in [1.82, 2.24) is 19.4 Å². The van der Waals surface area contributed by atoms with Crippen LogP contribution in [0.25, 0.3) is 0 Å². The minimum absolute atomic E-state index is 0.283. The predicted molar refractivity (Wildman–Crippen MR) is 83.1 cm³/mol. The lowest BCUT2D eigenvalue weighted by molar-refractivity contribution is -0.127. The number of hydrogen-bond acceptors (Lipinski definition) is 4. The number of piperidine rings is 1. The minimum atomic E-state index is -0.470. The van der Waals surface area contributed by atoms with Gasteiger partial charge in [-0.15, -0.1) is 0 Å². The monoisotopic (exact) mass is 306 g/mol. The highest BCUT2D eigenvalue weighted by atomic mass is 16.3. The van der Waals surface area contributed by atoms with E-state index in [0.717, 1.165) is 64.2 Å². The number of aliphatic hydroxyl groups is 1. The van der Waals surface area contributed by atoms with Gasteiger partial charge in [0, 0.05) is 45.5 Å². The molecule has 1 N–H and O–H groups in total. The highest BCUT2D eigenvalue weighted by Gasteiger charge is 2.29. The summed E-state index contributed by atoms with van der Waals surface area (Å²) >= 11 is 0. The van der Waals surface area contributed by atoms with Crippen LogP contribution in [0.15, 0.2) is 12.4 Å². The second-order valence-corrected chi connectivity index (χ2v) is 6.50. The number of imidazole rings is 1. The van der Waals surface area contributed by atoms with Crippen molar-refractivity contribution in [2.45, 2.75) is 31.8 Å². The third kappa shape index (κ3) is 3.33. The van der Waals surface area contributed by atoms with Crippen LogP contribution < -0.4 is 0 Å². The number of amides is 1. The fraction of sp³-hybridized carbons (Fsp3) is 0.750. The van der Waals surface area contributed by atoms with E-state index in [-0.39, 0.29) is 5.92 Å². The van der Waals surface area contributed by atoms with Crippen molar-refractivity contribution >= 4 is 5.91 Å². The Morgan fingerprint density at radius 3 is 2.68 bits per heavy atom. The maximum Gasteiger partial charge on any atom is 0.222 e. The summed E-state index contributed by atoms with van der Waals surface area (Å²) in [4.78, 5) is 20.3. The number of carbonyl (C=O) groups excluding carboxylic acids is 1. The molecular formula is C16H26N4O2. The summed E-state index contributed by atoms with van der Waals surface area (Å²) in [6, 6.07) is 0. The fourth-order valence-electron chi connectivity index (χ4n) is 3.57. The van der Waals surface area contributed by atoms with E-state index in [9.17, 15) is 9.90 Å². The molecule has 1 atom stereocenters. The molecule has 0 radical (unpaired) electrons. The Morgan fingerprint density at radius 2 is 2.09 bits per heavy atom. The third-order valence-corrected chi connectivity index (χ3v) is 5.06. The smallest absolute Gasteiger partial charge is 0.222 e. The number of likely N-dealkylation sites (tertiary alicyclic amines) is 2. The van der Waals surface area contributed by atoms with Crippen molar-refractivity contribution in [3.05, 3.63) is 18.2 Å².